The molecule has 4 aromatic rings. The van der Waals surface area contributed by atoms with Crippen LogP contribution in [-0.4, -0.2) is 125 Å². The summed E-state index contributed by atoms with van der Waals surface area (Å²) >= 11 is 0. The smallest absolute Gasteiger partial charge is 0.444 e. The van der Waals surface area contributed by atoms with Crippen molar-refractivity contribution in [1.82, 2.24) is 48.5 Å². The maximum Gasteiger partial charge on any atom is 0.510 e. The molecule has 52 heavy (non-hydrogen) atoms. The zero-order valence-electron chi connectivity index (χ0n) is 30.7. The van der Waals surface area contributed by atoms with E-state index in [1.54, 1.807) is 77.5 Å². The second-order valence-corrected chi connectivity index (χ2v) is 13.4. The van der Waals surface area contributed by atoms with Gasteiger partial charge in [-0.05, 0) is 54.5 Å². The standard InChI is InChI=1S/C32H44N10O10/c1-21-35-25(42(37-21)20-50-30(46)48-16-14-39(9)28(44)52-32(5,6)7)23-24(41-12-10-11-33-26(41)36-23)22-17-40(18-34-22)19-49-29(45)47-15-13-38(8)27(43)51-31(2,3)4/h10-12,17-18H,13-16,19-20H2,1-9H3. The van der Waals surface area contributed by atoms with Crippen LogP contribution in [0.4, 0.5) is 19.2 Å². The van der Waals surface area contributed by atoms with Gasteiger partial charge in [0, 0.05) is 32.7 Å². The molecule has 0 spiro atoms. The Balaban J connectivity index is 1.39. The summed E-state index contributed by atoms with van der Waals surface area (Å²) in [6.07, 6.45) is 3.37. The molecule has 0 unspecified atom stereocenters. The summed E-state index contributed by atoms with van der Waals surface area (Å²) in [7, 11) is 3.05. The third kappa shape index (κ3) is 11.0. The van der Waals surface area contributed by atoms with Crippen molar-refractivity contribution in [3.63, 3.8) is 0 Å². The van der Waals surface area contributed by atoms with Gasteiger partial charge in [0.05, 0.1) is 19.4 Å². The van der Waals surface area contributed by atoms with Gasteiger partial charge in [0.1, 0.15) is 47.3 Å². The van der Waals surface area contributed by atoms with Gasteiger partial charge < -0.3 is 42.8 Å². The number of fused-ring (bicyclic) bond motifs is 1. The number of carbonyl (C=O) groups excluding carboxylic acids is 4. The second kappa shape index (κ2) is 16.4. The van der Waals surface area contributed by atoms with Crippen LogP contribution >= 0.6 is 0 Å². The van der Waals surface area contributed by atoms with Crippen LogP contribution in [-0.2, 0) is 41.9 Å². The Bertz CT molecular complexity index is 1870. The number of aromatic nitrogens is 8. The van der Waals surface area contributed by atoms with Crippen LogP contribution in [0.3, 0.4) is 0 Å². The van der Waals surface area contributed by atoms with Gasteiger partial charge in [-0.25, -0.2) is 43.8 Å². The number of hydrogen-bond donors (Lipinski definition) is 0. The highest BCUT2D eigenvalue weighted by Gasteiger charge is 2.25. The van der Waals surface area contributed by atoms with Gasteiger partial charge in [-0.2, -0.15) is 5.10 Å². The Morgan fingerprint density at radius 1 is 0.788 bits per heavy atom. The summed E-state index contributed by atoms with van der Waals surface area (Å²) < 4.78 is 35.8. The molecule has 20 nitrogen and oxygen atoms in total. The molecule has 4 heterocycles. The normalized spacial score (nSPS) is 11.6. The van der Waals surface area contributed by atoms with E-state index in [2.05, 4.69) is 25.0 Å². The van der Waals surface area contributed by atoms with Crippen molar-refractivity contribution >= 4 is 30.3 Å². The molecule has 0 saturated carbocycles. The lowest BCUT2D eigenvalue weighted by atomic mass is 10.2. The van der Waals surface area contributed by atoms with Crippen LogP contribution in [0.1, 0.15) is 47.4 Å². The molecule has 0 radical (unpaired) electrons. The molecule has 0 aliphatic carbocycles. The zero-order chi connectivity index (χ0) is 38.2. The third-order valence-corrected chi connectivity index (χ3v) is 6.61. The van der Waals surface area contributed by atoms with E-state index >= 15 is 0 Å². The van der Waals surface area contributed by atoms with E-state index in [1.165, 1.54) is 39.5 Å². The summed E-state index contributed by atoms with van der Waals surface area (Å²) in [4.78, 5) is 69.4. The van der Waals surface area contributed by atoms with Gasteiger partial charge >= 0.3 is 24.5 Å². The molecular formula is C32H44N10O10. The van der Waals surface area contributed by atoms with E-state index in [4.69, 9.17) is 28.4 Å². The highest BCUT2D eigenvalue weighted by molar-refractivity contribution is 5.76. The summed E-state index contributed by atoms with van der Waals surface area (Å²) in [5.74, 6) is 0.956. The van der Waals surface area contributed by atoms with Gasteiger partial charge in [-0.3, -0.25) is 4.40 Å². The number of hydrogen-bond acceptors (Lipinski definition) is 15. The van der Waals surface area contributed by atoms with Gasteiger partial charge in [0.25, 0.3) is 0 Å². The molecule has 4 rings (SSSR count). The number of imidazole rings is 2. The third-order valence-electron chi connectivity index (χ3n) is 6.61. The van der Waals surface area contributed by atoms with Crippen molar-refractivity contribution in [2.45, 2.75) is 73.1 Å². The van der Waals surface area contributed by atoms with Crippen molar-refractivity contribution in [3.05, 3.63) is 36.8 Å². The number of rotatable bonds is 12. The molecule has 0 bridgehead atoms. The first kappa shape index (κ1) is 38.8. The first-order chi connectivity index (χ1) is 24.4. The second-order valence-electron chi connectivity index (χ2n) is 13.4. The molecule has 0 aliphatic rings. The first-order valence-corrected chi connectivity index (χ1v) is 16.1. The van der Waals surface area contributed by atoms with Crippen molar-refractivity contribution in [2.75, 3.05) is 40.4 Å². The number of likely N-dealkylation sites (N-methyl/N-ethyl adjacent to an activating group) is 2. The summed E-state index contributed by atoms with van der Waals surface area (Å²) in [5.41, 5.74) is -0.0778. The SMILES string of the molecule is Cc1nc(-c2nc3ncccn3c2-c2cn(COC(=O)OCCN(C)C(=O)OC(C)(C)C)cn2)n(COC(=O)OCCN(C)C(=O)OC(C)(C)C)n1. The van der Waals surface area contributed by atoms with Gasteiger partial charge in [-0.15, -0.1) is 0 Å². The molecule has 20 heteroatoms. The number of ether oxygens (including phenoxy) is 6. The summed E-state index contributed by atoms with van der Waals surface area (Å²) in [6.45, 7) is 11.6. The van der Waals surface area contributed by atoms with Crippen LogP contribution in [0, 0.1) is 6.92 Å². The summed E-state index contributed by atoms with van der Waals surface area (Å²) in [5, 5.41) is 4.35. The number of nitrogens with zero attached hydrogens (tertiary/aromatic N) is 10. The number of carbonyl (C=O) groups is 4. The molecule has 0 aromatic carbocycles. The lowest BCUT2D eigenvalue weighted by molar-refractivity contribution is 0.0129. The molecule has 4 aromatic heterocycles. The first-order valence-electron chi connectivity index (χ1n) is 16.1. The van der Waals surface area contributed by atoms with Crippen molar-refractivity contribution < 1.29 is 47.6 Å². The maximum absolute atomic E-state index is 12.4. The van der Waals surface area contributed by atoms with E-state index in [0.717, 1.165) is 0 Å². The minimum Gasteiger partial charge on any atom is -0.444 e. The average molecular weight is 729 g/mol. The Kier molecular flexibility index (Phi) is 12.2. The lowest BCUT2D eigenvalue weighted by Gasteiger charge is -2.24. The van der Waals surface area contributed by atoms with Gasteiger partial charge in [-0.1, -0.05) is 0 Å². The zero-order valence-corrected chi connectivity index (χ0v) is 30.7. The Labute approximate surface area is 299 Å². The van der Waals surface area contributed by atoms with Crippen LogP contribution in [0.2, 0.25) is 0 Å². The summed E-state index contributed by atoms with van der Waals surface area (Å²) in [6, 6.07) is 1.72. The fourth-order valence-corrected chi connectivity index (χ4v) is 4.28. The monoisotopic (exact) mass is 728 g/mol. The van der Waals surface area contributed by atoms with Gasteiger partial charge in [0.2, 0.25) is 5.78 Å². The highest BCUT2D eigenvalue weighted by Crippen LogP contribution is 2.30. The van der Waals surface area contributed by atoms with Crippen molar-refractivity contribution in [1.29, 1.82) is 0 Å². The molecule has 0 atom stereocenters. The largest absolute Gasteiger partial charge is 0.510 e. The molecule has 282 valence electrons. The van der Waals surface area contributed by atoms with Crippen LogP contribution < -0.4 is 0 Å². The Hall–Kier alpha value is -5.95. The van der Waals surface area contributed by atoms with Crippen LogP contribution in [0.5, 0.6) is 0 Å². The Morgan fingerprint density at radius 2 is 1.37 bits per heavy atom. The minimum absolute atomic E-state index is 0.0849. The van der Waals surface area contributed by atoms with Crippen LogP contribution in [0.15, 0.2) is 31.0 Å². The van der Waals surface area contributed by atoms with Crippen LogP contribution in [0.25, 0.3) is 28.7 Å². The minimum atomic E-state index is -0.985. The molecule has 0 fully saturated rings. The van der Waals surface area contributed by atoms with Crippen molar-refractivity contribution in [3.8, 4) is 22.9 Å². The highest BCUT2D eigenvalue weighted by atomic mass is 16.7. The van der Waals surface area contributed by atoms with Crippen molar-refractivity contribution in [2.24, 2.45) is 0 Å². The quantitative estimate of drug-likeness (QED) is 0.148. The molecule has 0 aliphatic heterocycles. The fourth-order valence-electron chi connectivity index (χ4n) is 4.28. The molecule has 0 N–H and O–H groups in total. The van der Waals surface area contributed by atoms with E-state index in [0.29, 0.717) is 28.7 Å². The average Bonchev–Trinajstić information content (AvgIpc) is 3.77. The maximum atomic E-state index is 12.4. The fraction of sp³-hybridized carbons (Fsp3) is 0.531. The van der Waals surface area contributed by atoms with E-state index in [1.807, 2.05) is 0 Å². The van der Waals surface area contributed by atoms with E-state index in [9.17, 15) is 19.2 Å². The lowest BCUT2D eigenvalue weighted by Crippen LogP contribution is -2.36. The Morgan fingerprint density at radius 3 is 1.94 bits per heavy atom. The number of aryl methyl sites for hydroxylation is 1. The van der Waals surface area contributed by atoms with Gasteiger partial charge in [0.15, 0.2) is 19.3 Å². The molecule has 0 saturated heterocycles. The topological polar surface area (TPSA) is 209 Å². The number of amides is 2. The molecule has 2 amide bonds. The predicted octanol–water partition coefficient (Wildman–Crippen LogP) is 4.11. The molecular weight excluding hydrogens is 684 g/mol. The predicted molar refractivity (Wildman–Crippen MR) is 181 cm³/mol. The van der Waals surface area contributed by atoms with E-state index < -0.39 is 35.7 Å². The van der Waals surface area contributed by atoms with E-state index in [-0.39, 0.29) is 45.6 Å².